The van der Waals surface area contributed by atoms with Crippen molar-refractivity contribution in [2.45, 2.75) is 38.6 Å². The summed E-state index contributed by atoms with van der Waals surface area (Å²) in [5.41, 5.74) is 2.18. The van der Waals surface area contributed by atoms with Gasteiger partial charge in [-0.05, 0) is 55.0 Å². The fourth-order valence-electron chi connectivity index (χ4n) is 4.18. The van der Waals surface area contributed by atoms with Crippen molar-refractivity contribution in [3.05, 3.63) is 91.2 Å². The first-order valence-electron chi connectivity index (χ1n) is 11.1. The summed E-state index contributed by atoms with van der Waals surface area (Å²) >= 11 is 5.99. The molecule has 1 aromatic heterocycles. The van der Waals surface area contributed by atoms with E-state index in [2.05, 4.69) is 17.1 Å². The maximum Gasteiger partial charge on any atom is 0.316 e. The standard InChI is InChI=1S/C25H23ClN4O4/c1-2-3-4-18-13-30(25(33)17-7-5-16(6-8-17)23(31)29-34)14-20-21(18)27-22(28-24(20)32)15-9-11-19(26)12-10-15/h5-12,18H,2-4,13-14H2,1H3,(H,27,28,32). The number of carbonyl (C=O) groups excluding carboxylic acids is 2. The molecule has 4 rings (SSSR count). The van der Waals surface area contributed by atoms with Gasteiger partial charge < -0.3 is 9.88 Å². The Bertz CT molecular complexity index is 1290. The maximum absolute atomic E-state index is 13.2. The molecule has 2 aromatic carbocycles. The molecule has 8 nitrogen and oxygen atoms in total. The Morgan fingerprint density at radius 1 is 1.12 bits per heavy atom. The molecule has 0 fully saturated rings. The Morgan fingerprint density at radius 3 is 2.44 bits per heavy atom. The van der Waals surface area contributed by atoms with Gasteiger partial charge in [-0.2, -0.15) is 0 Å². The van der Waals surface area contributed by atoms with Gasteiger partial charge in [0.15, 0.2) is 0 Å². The van der Waals surface area contributed by atoms with Crippen molar-refractivity contribution in [1.82, 2.24) is 14.9 Å². The molecular weight excluding hydrogens is 456 g/mol. The topological polar surface area (TPSA) is 113 Å². The van der Waals surface area contributed by atoms with Crippen molar-refractivity contribution in [3.63, 3.8) is 0 Å². The number of rotatable bonds is 6. The van der Waals surface area contributed by atoms with Crippen LogP contribution in [0.1, 0.15) is 64.1 Å². The van der Waals surface area contributed by atoms with Crippen LogP contribution >= 0.6 is 11.6 Å². The van der Waals surface area contributed by atoms with E-state index in [1.54, 1.807) is 29.2 Å². The van der Waals surface area contributed by atoms with Crippen molar-refractivity contribution in [3.8, 4) is 11.4 Å². The number of nitrogens with zero attached hydrogens (tertiary/aromatic N) is 3. The summed E-state index contributed by atoms with van der Waals surface area (Å²) in [4.78, 5) is 57.5. The van der Waals surface area contributed by atoms with Gasteiger partial charge in [-0.3, -0.25) is 14.4 Å². The van der Waals surface area contributed by atoms with Crippen LogP contribution in [0.15, 0.2) is 58.5 Å². The van der Waals surface area contributed by atoms with Crippen LogP contribution < -0.4 is 5.56 Å². The lowest BCUT2D eigenvalue weighted by Gasteiger charge is -2.34. The summed E-state index contributed by atoms with van der Waals surface area (Å²) in [6.45, 7) is 2.66. The van der Waals surface area contributed by atoms with Crippen LogP contribution in [0.4, 0.5) is 0 Å². The Balaban J connectivity index is 1.67. The third-order valence-electron chi connectivity index (χ3n) is 6.00. The molecule has 0 saturated heterocycles. The monoisotopic (exact) mass is 478 g/mol. The zero-order valence-corrected chi connectivity index (χ0v) is 19.3. The number of unbranched alkanes of at least 4 members (excludes halogenated alkanes) is 1. The molecule has 2 amide bonds. The highest BCUT2D eigenvalue weighted by Gasteiger charge is 2.32. The van der Waals surface area contributed by atoms with E-state index in [1.165, 1.54) is 24.3 Å². The second-order valence-corrected chi connectivity index (χ2v) is 8.72. The molecule has 0 spiro atoms. The van der Waals surface area contributed by atoms with E-state index < -0.39 is 5.91 Å². The lowest BCUT2D eigenvalue weighted by molar-refractivity contribution is 0.0711. The molecule has 0 bridgehead atoms. The average Bonchev–Trinajstić information content (AvgIpc) is 2.87. The number of hydrogen-bond acceptors (Lipinski definition) is 5. The summed E-state index contributed by atoms with van der Waals surface area (Å²) in [5.74, 6) is -0.752. The number of aromatic amines is 1. The first-order chi connectivity index (χ1) is 16.4. The Hall–Kier alpha value is -3.65. The van der Waals surface area contributed by atoms with Crippen LogP contribution in [-0.2, 0) is 6.54 Å². The lowest BCUT2D eigenvalue weighted by Crippen LogP contribution is -2.41. The summed E-state index contributed by atoms with van der Waals surface area (Å²) in [5, 5.41) is 2.99. The number of H-pyrrole nitrogens is 1. The number of nitrogens with one attached hydrogen (secondary N) is 1. The van der Waals surface area contributed by atoms with E-state index in [-0.39, 0.29) is 29.5 Å². The summed E-state index contributed by atoms with van der Waals surface area (Å²) in [7, 11) is 0. The van der Waals surface area contributed by atoms with Gasteiger partial charge in [-0.25, -0.2) is 4.98 Å². The van der Waals surface area contributed by atoms with Gasteiger partial charge in [0.1, 0.15) is 5.82 Å². The normalized spacial score (nSPS) is 15.0. The molecule has 34 heavy (non-hydrogen) atoms. The van der Waals surface area contributed by atoms with E-state index in [9.17, 15) is 19.3 Å². The molecular formula is C25H23ClN4O4. The molecule has 1 atom stereocenters. The zero-order chi connectivity index (χ0) is 24.2. The van der Waals surface area contributed by atoms with E-state index in [4.69, 9.17) is 16.6 Å². The summed E-state index contributed by atoms with van der Waals surface area (Å²) in [6, 6.07) is 12.9. The van der Waals surface area contributed by atoms with Gasteiger partial charge in [0.05, 0.1) is 17.8 Å². The molecule has 174 valence electrons. The number of fused-ring (bicyclic) bond motifs is 1. The lowest BCUT2D eigenvalue weighted by atomic mass is 9.90. The molecule has 0 saturated carbocycles. The largest absolute Gasteiger partial charge is 0.333 e. The Labute approximate surface area is 201 Å². The molecule has 2 heterocycles. The molecule has 0 radical (unpaired) electrons. The van der Waals surface area contributed by atoms with Gasteiger partial charge in [-0.15, -0.1) is 4.91 Å². The number of nitroso groups, excluding NO2 is 1. The van der Waals surface area contributed by atoms with Crippen molar-refractivity contribution in [2.75, 3.05) is 6.54 Å². The molecule has 3 aromatic rings. The van der Waals surface area contributed by atoms with E-state index in [0.717, 1.165) is 30.5 Å². The second-order valence-electron chi connectivity index (χ2n) is 8.28. The van der Waals surface area contributed by atoms with Gasteiger partial charge in [-0.1, -0.05) is 31.4 Å². The van der Waals surface area contributed by atoms with Crippen molar-refractivity contribution in [1.29, 1.82) is 0 Å². The van der Waals surface area contributed by atoms with Crippen LogP contribution in [-0.4, -0.2) is 33.2 Å². The molecule has 0 aliphatic carbocycles. The maximum atomic E-state index is 13.2. The highest BCUT2D eigenvalue weighted by molar-refractivity contribution is 6.30. The fraction of sp³-hybridized carbons (Fsp3) is 0.280. The highest BCUT2D eigenvalue weighted by Crippen LogP contribution is 2.31. The number of amides is 2. The van der Waals surface area contributed by atoms with Crippen molar-refractivity contribution >= 4 is 23.4 Å². The Kier molecular flexibility index (Phi) is 6.98. The molecule has 1 aliphatic rings. The fourth-order valence-corrected chi connectivity index (χ4v) is 4.31. The molecule has 1 aliphatic heterocycles. The minimum atomic E-state index is -0.889. The smallest absolute Gasteiger partial charge is 0.316 e. The minimum Gasteiger partial charge on any atom is -0.333 e. The summed E-state index contributed by atoms with van der Waals surface area (Å²) < 4.78 is 0. The third kappa shape index (κ3) is 4.82. The quantitative estimate of drug-likeness (QED) is 0.505. The molecule has 1 N–H and O–H groups in total. The van der Waals surface area contributed by atoms with Crippen molar-refractivity contribution < 1.29 is 9.59 Å². The first kappa shape index (κ1) is 23.5. The van der Waals surface area contributed by atoms with Crippen LogP contribution in [0.2, 0.25) is 5.02 Å². The number of hydrogen-bond donors (Lipinski definition) is 1. The van der Waals surface area contributed by atoms with Gasteiger partial charge >= 0.3 is 5.91 Å². The Morgan fingerprint density at radius 2 is 1.79 bits per heavy atom. The van der Waals surface area contributed by atoms with Crippen LogP contribution in [0.3, 0.4) is 0 Å². The highest BCUT2D eigenvalue weighted by atomic mass is 35.5. The van der Waals surface area contributed by atoms with Crippen LogP contribution in [0.25, 0.3) is 11.4 Å². The van der Waals surface area contributed by atoms with E-state index in [1.807, 2.05) is 0 Å². The molecule has 1 unspecified atom stereocenters. The number of halogens is 1. The molecule has 9 heteroatoms. The van der Waals surface area contributed by atoms with E-state index in [0.29, 0.717) is 28.5 Å². The van der Waals surface area contributed by atoms with Gasteiger partial charge in [0.2, 0.25) is 0 Å². The SMILES string of the molecule is CCCCC1CN(C(=O)c2ccc(C(=O)N=O)cc2)Cc2c1nc(-c1ccc(Cl)cc1)[nH]c2=O. The first-order valence-corrected chi connectivity index (χ1v) is 11.4. The number of carbonyl (C=O) groups is 2. The number of aromatic nitrogens is 2. The van der Waals surface area contributed by atoms with E-state index >= 15 is 0 Å². The third-order valence-corrected chi connectivity index (χ3v) is 6.25. The van der Waals surface area contributed by atoms with Gasteiger partial charge in [0, 0.05) is 39.4 Å². The van der Waals surface area contributed by atoms with Crippen LogP contribution in [0, 0.1) is 4.91 Å². The van der Waals surface area contributed by atoms with Gasteiger partial charge in [0.25, 0.3) is 11.5 Å². The summed E-state index contributed by atoms with van der Waals surface area (Å²) in [6.07, 6.45) is 2.71. The van der Waals surface area contributed by atoms with Crippen molar-refractivity contribution in [2.24, 2.45) is 5.18 Å². The predicted octanol–water partition coefficient (Wildman–Crippen LogP) is 4.93. The zero-order valence-electron chi connectivity index (χ0n) is 18.6. The van der Waals surface area contributed by atoms with Crippen LogP contribution in [0.5, 0.6) is 0 Å². The average molecular weight is 479 g/mol. The predicted molar refractivity (Wildman–Crippen MR) is 129 cm³/mol. The number of benzene rings is 2. The second kappa shape index (κ2) is 10.1. The minimum absolute atomic E-state index is 0.0823.